The van der Waals surface area contributed by atoms with Gasteiger partial charge in [-0.25, -0.2) is 13.1 Å². The average Bonchev–Trinajstić information content (AvgIpc) is 2.42. The summed E-state index contributed by atoms with van der Waals surface area (Å²) >= 11 is 5.14. The second-order valence-electron chi connectivity index (χ2n) is 5.01. The maximum absolute atomic E-state index is 12.4. The fourth-order valence-corrected chi connectivity index (χ4v) is 5.16. The summed E-state index contributed by atoms with van der Waals surface area (Å²) in [6.07, 6.45) is 6.00. The number of halogens is 1. The van der Waals surface area contributed by atoms with Crippen LogP contribution in [-0.4, -0.2) is 26.0 Å². The molecular formula is C13H19BrN2O2S2. The molecule has 1 fully saturated rings. The van der Waals surface area contributed by atoms with E-state index in [1.807, 2.05) is 11.8 Å². The van der Waals surface area contributed by atoms with E-state index in [1.165, 1.54) is 0 Å². The van der Waals surface area contributed by atoms with Gasteiger partial charge in [-0.2, -0.15) is 11.8 Å². The van der Waals surface area contributed by atoms with Gasteiger partial charge in [0.2, 0.25) is 10.0 Å². The highest BCUT2D eigenvalue weighted by Crippen LogP contribution is 2.29. The van der Waals surface area contributed by atoms with Crippen LogP contribution >= 0.6 is 27.7 Å². The molecule has 2 rings (SSSR count). The number of anilines is 1. The number of hydrogen-bond donors (Lipinski definition) is 2. The van der Waals surface area contributed by atoms with Crippen LogP contribution in [0.1, 0.15) is 25.7 Å². The highest BCUT2D eigenvalue weighted by molar-refractivity contribution is 9.10. The van der Waals surface area contributed by atoms with E-state index in [0.29, 0.717) is 9.72 Å². The lowest BCUT2D eigenvalue weighted by Crippen LogP contribution is -2.38. The second-order valence-corrected chi connectivity index (χ2v) is 8.75. The summed E-state index contributed by atoms with van der Waals surface area (Å²) in [7, 11) is -3.55. The van der Waals surface area contributed by atoms with Gasteiger partial charge in [-0.3, -0.25) is 0 Å². The molecule has 0 aliphatic heterocycles. The molecular weight excluding hydrogens is 360 g/mol. The molecule has 1 saturated carbocycles. The van der Waals surface area contributed by atoms with Crippen LogP contribution in [0.25, 0.3) is 0 Å². The summed E-state index contributed by atoms with van der Waals surface area (Å²) in [5.41, 5.74) is 6.06. The van der Waals surface area contributed by atoms with Gasteiger partial charge in [-0.05, 0) is 50.1 Å². The molecule has 1 aromatic carbocycles. The van der Waals surface area contributed by atoms with Gasteiger partial charge in [0.1, 0.15) is 4.90 Å². The topological polar surface area (TPSA) is 72.2 Å². The van der Waals surface area contributed by atoms with Crippen LogP contribution < -0.4 is 10.5 Å². The zero-order chi connectivity index (χ0) is 14.8. The molecule has 0 amide bonds. The van der Waals surface area contributed by atoms with Crippen molar-refractivity contribution in [1.82, 2.24) is 4.72 Å². The number of sulfonamides is 1. The minimum atomic E-state index is -3.55. The predicted octanol–water partition coefficient (Wildman–Crippen LogP) is 2.98. The molecule has 0 heterocycles. The molecule has 3 N–H and O–H groups in total. The van der Waals surface area contributed by atoms with Gasteiger partial charge in [0.05, 0.1) is 5.69 Å². The van der Waals surface area contributed by atoms with Crippen molar-refractivity contribution in [2.45, 2.75) is 41.9 Å². The average molecular weight is 379 g/mol. The second kappa shape index (κ2) is 6.68. The van der Waals surface area contributed by atoms with Gasteiger partial charge in [-0.1, -0.05) is 15.9 Å². The lowest BCUT2D eigenvalue weighted by molar-refractivity contribution is 0.420. The summed E-state index contributed by atoms with van der Waals surface area (Å²) < 4.78 is 28.3. The van der Waals surface area contributed by atoms with E-state index in [-0.39, 0.29) is 16.6 Å². The van der Waals surface area contributed by atoms with Gasteiger partial charge in [-0.15, -0.1) is 0 Å². The molecule has 4 nitrogen and oxygen atoms in total. The quantitative estimate of drug-likeness (QED) is 0.789. The van der Waals surface area contributed by atoms with Crippen LogP contribution in [0.2, 0.25) is 0 Å². The minimum Gasteiger partial charge on any atom is -0.398 e. The van der Waals surface area contributed by atoms with Crippen molar-refractivity contribution >= 4 is 43.4 Å². The van der Waals surface area contributed by atoms with Crippen LogP contribution in [-0.2, 0) is 10.0 Å². The SMILES string of the molecule is CSC1CCC(NS(=O)(=O)c2cc(Br)ccc2N)CC1. The summed E-state index contributed by atoms with van der Waals surface area (Å²) in [6.45, 7) is 0. The molecule has 20 heavy (non-hydrogen) atoms. The van der Waals surface area contributed by atoms with E-state index < -0.39 is 10.0 Å². The first-order chi connectivity index (χ1) is 9.42. The third kappa shape index (κ3) is 3.90. The Bertz CT molecular complexity index is 570. The molecule has 0 aromatic heterocycles. The van der Waals surface area contributed by atoms with Gasteiger partial charge < -0.3 is 5.73 Å². The Balaban J connectivity index is 2.10. The fraction of sp³-hybridized carbons (Fsp3) is 0.538. The molecule has 0 bridgehead atoms. The molecule has 0 saturated heterocycles. The number of benzene rings is 1. The van der Waals surface area contributed by atoms with Crippen LogP contribution in [0.3, 0.4) is 0 Å². The Hall–Kier alpha value is -0.240. The molecule has 1 aliphatic rings. The van der Waals surface area contributed by atoms with Crippen LogP contribution in [0.5, 0.6) is 0 Å². The molecule has 0 atom stereocenters. The number of rotatable bonds is 4. The summed E-state index contributed by atoms with van der Waals surface area (Å²) in [5.74, 6) is 0. The fourth-order valence-electron chi connectivity index (χ4n) is 2.44. The first-order valence-electron chi connectivity index (χ1n) is 6.52. The molecule has 0 radical (unpaired) electrons. The third-order valence-corrected chi connectivity index (χ3v) is 6.80. The van der Waals surface area contributed by atoms with E-state index >= 15 is 0 Å². The number of thioether (sulfide) groups is 1. The Labute approximate surface area is 133 Å². The molecule has 0 unspecified atom stereocenters. The van der Waals surface area contributed by atoms with Gasteiger partial charge in [0, 0.05) is 15.8 Å². The van der Waals surface area contributed by atoms with Crippen molar-refractivity contribution < 1.29 is 8.42 Å². The van der Waals surface area contributed by atoms with Crippen LogP contribution in [0.15, 0.2) is 27.6 Å². The maximum Gasteiger partial charge on any atom is 0.242 e. The van der Waals surface area contributed by atoms with Crippen LogP contribution in [0, 0.1) is 0 Å². The normalized spacial score (nSPS) is 23.7. The lowest BCUT2D eigenvalue weighted by Gasteiger charge is -2.28. The summed E-state index contributed by atoms with van der Waals surface area (Å²) in [5, 5.41) is 0.659. The Morgan fingerprint density at radius 3 is 2.55 bits per heavy atom. The van der Waals surface area contributed by atoms with E-state index in [2.05, 4.69) is 26.9 Å². The highest BCUT2D eigenvalue weighted by Gasteiger charge is 2.26. The Morgan fingerprint density at radius 1 is 1.30 bits per heavy atom. The highest BCUT2D eigenvalue weighted by atomic mass is 79.9. The van der Waals surface area contributed by atoms with Crippen molar-refractivity contribution in [3.63, 3.8) is 0 Å². The Morgan fingerprint density at radius 2 is 1.95 bits per heavy atom. The minimum absolute atomic E-state index is 0.0155. The monoisotopic (exact) mass is 378 g/mol. The largest absolute Gasteiger partial charge is 0.398 e. The molecule has 7 heteroatoms. The number of hydrogen-bond acceptors (Lipinski definition) is 4. The number of nitrogens with two attached hydrogens (primary N) is 1. The number of nitrogen functional groups attached to an aromatic ring is 1. The zero-order valence-corrected chi connectivity index (χ0v) is 14.5. The molecule has 0 spiro atoms. The van der Waals surface area contributed by atoms with Crippen molar-refractivity contribution in [2.24, 2.45) is 0 Å². The van der Waals surface area contributed by atoms with Crippen molar-refractivity contribution in [1.29, 1.82) is 0 Å². The first kappa shape index (κ1) is 16.1. The molecule has 1 aromatic rings. The van der Waals surface area contributed by atoms with E-state index in [0.717, 1.165) is 25.7 Å². The predicted molar refractivity (Wildman–Crippen MR) is 88.4 cm³/mol. The van der Waals surface area contributed by atoms with Gasteiger partial charge in [0.25, 0.3) is 0 Å². The molecule has 112 valence electrons. The third-order valence-electron chi connectivity index (χ3n) is 3.59. The zero-order valence-electron chi connectivity index (χ0n) is 11.3. The van der Waals surface area contributed by atoms with E-state index in [9.17, 15) is 8.42 Å². The Kier molecular flexibility index (Phi) is 5.39. The van der Waals surface area contributed by atoms with Gasteiger partial charge in [0.15, 0.2) is 0 Å². The lowest BCUT2D eigenvalue weighted by atomic mass is 9.96. The summed E-state index contributed by atoms with van der Waals surface area (Å²) in [6, 6.07) is 4.90. The van der Waals surface area contributed by atoms with E-state index in [1.54, 1.807) is 18.2 Å². The van der Waals surface area contributed by atoms with Crippen molar-refractivity contribution in [3.8, 4) is 0 Å². The van der Waals surface area contributed by atoms with Crippen LogP contribution in [0.4, 0.5) is 5.69 Å². The van der Waals surface area contributed by atoms with Gasteiger partial charge >= 0.3 is 0 Å². The van der Waals surface area contributed by atoms with E-state index in [4.69, 9.17) is 5.73 Å². The molecule has 1 aliphatic carbocycles. The smallest absolute Gasteiger partial charge is 0.242 e. The van der Waals surface area contributed by atoms with Crippen molar-refractivity contribution in [2.75, 3.05) is 12.0 Å². The maximum atomic E-state index is 12.4. The summed E-state index contributed by atoms with van der Waals surface area (Å²) in [4.78, 5) is 0.152. The van der Waals surface area contributed by atoms with Crippen molar-refractivity contribution in [3.05, 3.63) is 22.7 Å². The first-order valence-corrected chi connectivity index (χ1v) is 10.1. The standard InChI is InChI=1S/C13H19BrN2O2S2/c1-19-11-5-3-10(4-6-11)16-20(17,18)13-8-9(14)2-7-12(13)15/h2,7-8,10-11,16H,3-6,15H2,1H3. The number of nitrogens with one attached hydrogen (secondary N) is 1.